The lowest BCUT2D eigenvalue weighted by molar-refractivity contribution is 0.0736. The number of nitrogens with two attached hydrogens (primary N) is 1. The highest BCUT2D eigenvalue weighted by Crippen LogP contribution is 2.43. The molecule has 0 spiro atoms. The molecule has 0 bridgehead atoms. The topological polar surface area (TPSA) is 98.5 Å². The summed E-state index contributed by atoms with van der Waals surface area (Å²) in [6, 6.07) is 23.7. The van der Waals surface area contributed by atoms with E-state index >= 15 is 0 Å². The number of furan rings is 1. The maximum Gasteiger partial charge on any atom is 0.344 e. The van der Waals surface area contributed by atoms with Gasteiger partial charge in [-0.05, 0) is 35.0 Å². The SMILES string of the molecule is N#CC1=C(N)Oc2cc(OC(=O)c3cccc4ccccc34)ccc2C1c1ccco1. The van der Waals surface area contributed by atoms with Gasteiger partial charge in [-0.25, -0.2) is 4.79 Å². The van der Waals surface area contributed by atoms with Gasteiger partial charge in [-0.15, -0.1) is 0 Å². The summed E-state index contributed by atoms with van der Waals surface area (Å²) in [6.07, 6.45) is 1.54. The second-order valence-corrected chi connectivity index (χ2v) is 7.06. The Labute approximate surface area is 177 Å². The molecule has 0 radical (unpaired) electrons. The Morgan fingerprint density at radius 1 is 1.03 bits per heavy atom. The normalized spacial score (nSPS) is 15.1. The highest BCUT2D eigenvalue weighted by atomic mass is 16.5. The molecular weight excluding hydrogens is 392 g/mol. The van der Waals surface area contributed by atoms with Crippen molar-refractivity contribution in [2.75, 3.05) is 0 Å². The molecule has 0 saturated heterocycles. The van der Waals surface area contributed by atoms with E-state index < -0.39 is 11.9 Å². The van der Waals surface area contributed by atoms with Crippen molar-refractivity contribution in [3.05, 3.63) is 107 Å². The summed E-state index contributed by atoms with van der Waals surface area (Å²) in [4.78, 5) is 12.9. The van der Waals surface area contributed by atoms with Crippen molar-refractivity contribution >= 4 is 16.7 Å². The fraction of sp³-hybridized carbons (Fsp3) is 0.0400. The maximum atomic E-state index is 12.9. The van der Waals surface area contributed by atoms with Crippen LogP contribution in [-0.4, -0.2) is 5.97 Å². The molecule has 3 aromatic carbocycles. The molecule has 1 unspecified atom stereocenters. The zero-order valence-electron chi connectivity index (χ0n) is 16.2. The van der Waals surface area contributed by atoms with Crippen molar-refractivity contribution in [1.29, 1.82) is 5.26 Å². The van der Waals surface area contributed by atoms with Gasteiger partial charge in [0.25, 0.3) is 0 Å². The van der Waals surface area contributed by atoms with Crippen LogP contribution in [0.4, 0.5) is 0 Å². The van der Waals surface area contributed by atoms with E-state index in [4.69, 9.17) is 19.6 Å². The number of benzene rings is 3. The number of fused-ring (bicyclic) bond motifs is 2. The van der Waals surface area contributed by atoms with Gasteiger partial charge in [0.2, 0.25) is 5.88 Å². The van der Waals surface area contributed by atoms with Gasteiger partial charge in [-0.2, -0.15) is 5.26 Å². The first-order chi connectivity index (χ1) is 15.2. The minimum Gasteiger partial charge on any atom is -0.468 e. The summed E-state index contributed by atoms with van der Waals surface area (Å²) in [7, 11) is 0. The molecule has 6 nitrogen and oxygen atoms in total. The van der Waals surface area contributed by atoms with E-state index in [9.17, 15) is 10.1 Å². The van der Waals surface area contributed by atoms with Crippen LogP contribution in [0.2, 0.25) is 0 Å². The van der Waals surface area contributed by atoms with Crippen LogP contribution in [0, 0.1) is 11.3 Å². The van der Waals surface area contributed by atoms with Crippen molar-refractivity contribution in [2.24, 2.45) is 5.73 Å². The zero-order chi connectivity index (χ0) is 21.4. The number of nitriles is 1. The summed E-state index contributed by atoms with van der Waals surface area (Å²) in [5.41, 5.74) is 7.43. The fourth-order valence-corrected chi connectivity index (χ4v) is 3.81. The number of carbonyl (C=O) groups is 1. The van der Waals surface area contributed by atoms with E-state index in [0.717, 1.165) is 10.8 Å². The van der Waals surface area contributed by atoms with E-state index in [1.54, 1.807) is 36.4 Å². The van der Waals surface area contributed by atoms with Crippen molar-refractivity contribution < 1.29 is 18.7 Å². The highest BCUT2D eigenvalue weighted by molar-refractivity contribution is 6.05. The van der Waals surface area contributed by atoms with Gasteiger partial charge in [0.15, 0.2) is 0 Å². The molecule has 4 aromatic rings. The average molecular weight is 408 g/mol. The largest absolute Gasteiger partial charge is 0.468 e. The molecule has 150 valence electrons. The lowest BCUT2D eigenvalue weighted by Gasteiger charge is -2.25. The molecular formula is C25H16N2O4. The van der Waals surface area contributed by atoms with Crippen LogP contribution in [0.5, 0.6) is 11.5 Å². The number of esters is 1. The Bertz CT molecular complexity index is 1380. The third-order valence-electron chi connectivity index (χ3n) is 5.24. The smallest absolute Gasteiger partial charge is 0.344 e. The summed E-state index contributed by atoms with van der Waals surface area (Å²) in [6.45, 7) is 0. The molecule has 5 rings (SSSR count). The van der Waals surface area contributed by atoms with Crippen LogP contribution < -0.4 is 15.2 Å². The third-order valence-corrected chi connectivity index (χ3v) is 5.24. The van der Waals surface area contributed by atoms with Crippen molar-refractivity contribution in [3.63, 3.8) is 0 Å². The first kappa shape index (κ1) is 18.5. The lowest BCUT2D eigenvalue weighted by atomic mass is 9.87. The van der Waals surface area contributed by atoms with Crippen molar-refractivity contribution in [1.82, 2.24) is 0 Å². The number of hydrogen-bond acceptors (Lipinski definition) is 6. The van der Waals surface area contributed by atoms with Gasteiger partial charge in [0, 0.05) is 11.6 Å². The molecule has 0 fully saturated rings. The van der Waals surface area contributed by atoms with Crippen LogP contribution in [0.3, 0.4) is 0 Å². The van der Waals surface area contributed by atoms with Crippen molar-refractivity contribution in [2.45, 2.75) is 5.92 Å². The standard InChI is InChI=1S/C25H16N2O4/c26-14-20-23(21-9-4-12-29-21)19-11-10-16(13-22(19)31-24(20)27)30-25(28)18-8-3-6-15-5-1-2-7-17(15)18/h1-13,23H,27H2. The highest BCUT2D eigenvalue weighted by Gasteiger charge is 2.32. The summed E-state index contributed by atoms with van der Waals surface area (Å²) >= 11 is 0. The number of allylic oxidation sites excluding steroid dienone is 1. The van der Waals surface area contributed by atoms with Crippen molar-refractivity contribution in [3.8, 4) is 17.6 Å². The van der Waals surface area contributed by atoms with E-state index in [-0.39, 0.29) is 11.5 Å². The van der Waals surface area contributed by atoms with Gasteiger partial charge in [-0.3, -0.25) is 0 Å². The van der Waals surface area contributed by atoms with Gasteiger partial charge in [-0.1, -0.05) is 42.5 Å². The van der Waals surface area contributed by atoms with E-state index in [2.05, 4.69) is 6.07 Å². The molecule has 1 aliphatic heterocycles. The minimum absolute atomic E-state index is 0.00562. The number of rotatable bonds is 3. The van der Waals surface area contributed by atoms with Gasteiger partial charge in [0.05, 0.1) is 17.7 Å². The van der Waals surface area contributed by atoms with Gasteiger partial charge >= 0.3 is 5.97 Å². The third kappa shape index (κ3) is 3.18. The predicted molar refractivity (Wildman–Crippen MR) is 113 cm³/mol. The average Bonchev–Trinajstić information content (AvgIpc) is 3.32. The Kier molecular flexibility index (Phi) is 4.42. The molecule has 1 aromatic heterocycles. The first-order valence-corrected chi connectivity index (χ1v) is 9.60. The molecule has 1 aliphatic rings. The summed E-state index contributed by atoms with van der Waals surface area (Å²) < 4.78 is 16.8. The molecule has 2 N–H and O–H groups in total. The monoisotopic (exact) mass is 408 g/mol. The van der Waals surface area contributed by atoms with Gasteiger partial charge in [0.1, 0.15) is 28.9 Å². The molecule has 6 heteroatoms. The van der Waals surface area contributed by atoms with Crippen LogP contribution in [0.1, 0.15) is 27.6 Å². The van der Waals surface area contributed by atoms with Gasteiger partial charge < -0.3 is 19.6 Å². The number of ether oxygens (including phenoxy) is 2. The maximum absolute atomic E-state index is 12.9. The Hall–Kier alpha value is -4.50. The summed E-state index contributed by atoms with van der Waals surface area (Å²) in [5.74, 6) is 0.311. The molecule has 1 atom stereocenters. The molecule has 0 saturated carbocycles. The van der Waals surface area contributed by atoms with Crippen LogP contribution >= 0.6 is 0 Å². The Morgan fingerprint density at radius 2 is 1.87 bits per heavy atom. The fourth-order valence-electron chi connectivity index (χ4n) is 3.81. The van der Waals surface area contributed by atoms with Crippen LogP contribution in [-0.2, 0) is 0 Å². The molecule has 2 heterocycles. The Morgan fingerprint density at radius 3 is 2.68 bits per heavy atom. The minimum atomic E-state index is -0.494. The number of hydrogen-bond donors (Lipinski definition) is 1. The lowest BCUT2D eigenvalue weighted by Crippen LogP contribution is -2.21. The molecule has 0 aliphatic carbocycles. The zero-order valence-corrected chi connectivity index (χ0v) is 16.2. The Balaban J connectivity index is 1.50. The van der Waals surface area contributed by atoms with E-state index in [0.29, 0.717) is 28.4 Å². The van der Waals surface area contributed by atoms with E-state index in [1.807, 2.05) is 36.4 Å². The number of carbonyl (C=O) groups excluding carboxylic acids is 1. The quantitative estimate of drug-likeness (QED) is 0.384. The predicted octanol–water partition coefficient (Wildman–Crippen LogP) is 4.87. The van der Waals surface area contributed by atoms with Crippen LogP contribution in [0.15, 0.2) is 94.9 Å². The second kappa shape index (κ2) is 7.39. The van der Waals surface area contributed by atoms with E-state index in [1.165, 1.54) is 6.26 Å². The second-order valence-electron chi connectivity index (χ2n) is 7.06. The summed E-state index contributed by atoms with van der Waals surface area (Å²) in [5, 5.41) is 11.3. The van der Waals surface area contributed by atoms with Crippen LogP contribution in [0.25, 0.3) is 10.8 Å². The number of nitrogens with zero attached hydrogens (tertiary/aromatic N) is 1. The molecule has 0 amide bonds. The first-order valence-electron chi connectivity index (χ1n) is 9.60. The molecule has 31 heavy (non-hydrogen) atoms.